The lowest BCUT2D eigenvalue weighted by Crippen LogP contribution is -2.42. The van der Waals surface area contributed by atoms with E-state index in [-0.39, 0.29) is 19.6 Å². The Kier molecular flexibility index (Phi) is 10.8. The van der Waals surface area contributed by atoms with Crippen molar-refractivity contribution in [3.63, 3.8) is 0 Å². The highest BCUT2D eigenvalue weighted by atomic mass is 31.2. The lowest BCUT2D eigenvalue weighted by molar-refractivity contribution is -0.873. The molecule has 0 fully saturated rings. The molecule has 2 rings (SSSR count). The molecule has 0 spiro atoms. The summed E-state index contributed by atoms with van der Waals surface area (Å²) in [5.74, 6) is -0.190. The SMILES string of the molecule is C[N+](C)(C)C[C@@H](CC(=O)O)OP(=O)(O)OCCCCCCCOc1cccc2ccccc12. The van der Waals surface area contributed by atoms with Gasteiger partial charge in [-0.3, -0.25) is 13.8 Å². The van der Waals surface area contributed by atoms with Gasteiger partial charge < -0.3 is 19.2 Å². The molecule has 0 amide bonds. The van der Waals surface area contributed by atoms with Gasteiger partial charge in [0.05, 0.1) is 40.8 Å². The molecule has 0 aromatic heterocycles. The van der Waals surface area contributed by atoms with Gasteiger partial charge in [-0.05, 0) is 24.3 Å². The molecule has 0 aliphatic rings. The number of unbranched alkanes of at least 4 members (excludes halogenated alkanes) is 4. The zero-order valence-electron chi connectivity index (χ0n) is 19.8. The predicted octanol–water partition coefficient (Wildman–Crippen LogP) is 4.85. The van der Waals surface area contributed by atoms with Crippen molar-refractivity contribution >= 4 is 24.6 Å². The van der Waals surface area contributed by atoms with Gasteiger partial charge in [-0.25, -0.2) is 4.57 Å². The Labute approximate surface area is 196 Å². The summed E-state index contributed by atoms with van der Waals surface area (Å²) >= 11 is 0. The van der Waals surface area contributed by atoms with Crippen molar-refractivity contribution in [1.82, 2.24) is 0 Å². The molecule has 0 saturated carbocycles. The average molecular weight is 483 g/mol. The highest BCUT2D eigenvalue weighted by molar-refractivity contribution is 7.47. The Morgan fingerprint density at radius 3 is 2.30 bits per heavy atom. The van der Waals surface area contributed by atoms with Gasteiger partial charge in [0.25, 0.3) is 0 Å². The second-order valence-electron chi connectivity index (χ2n) is 9.19. The van der Waals surface area contributed by atoms with Crippen molar-refractivity contribution < 1.29 is 37.6 Å². The van der Waals surface area contributed by atoms with Crippen molar-refractivity contribution in [1.29, 1.82) is 0 Å². The lowest BCUT2D eigenvalue weighted by Gasteiger charge is -2.29. The lowest BCUT2D eigenvalue weighted by atomic mass is 10.1. The highest BCUT2D eigenvalue weighted by Gasteiger charge is 2.31. The van der Waals surface area contributed by atoms with Crippen molar-refractivity contribution in [3.8, 4) is 5.75 Å². The van der Waals surface area contributed by atoms with Gasteiger partial charge in [0, 0.05) is 5.39 Å². The van der Waals surface area contributed by atoms with Crippen LogP contribution in [0.15, 0.2) is 42.5 Å². The molecule has 0 heterocycles. The number of phosphoric acid groups is 1. The Morgan fingerprint density at radius 1 is 0.970 bits per heavy atom. The van der Waals surface area contributed by atoms with Gasteiger partial charge in [-0.1, -0.05) is 55.7 Å². The summed E-state index contributed by atoms with van der Waals surface area (Å²) in [6, 6.07) is 14.2. The number of nitrogens with zero attached hydrogens (tertiary/aromatic N) is 1. The fourth-order valence-corrected chi connectivity index (χ4v) is 4.52. The first-order chi connectivity index (χ1) is 15.6. The van der Waals surface area contributed by atoms with Crippen LogP contribution in [-0.2, 0) is 18.4 Å². The van der Waals surface area contributed by atoms with E-state index in [4.69, 9.17) is 18.9 Å². The highest BCUT2D eigenvalue weighted by Crippen LogP contribution is 2.45. The normalized spacial score (nSPS) is 14.7. The summed E-state index contributed by atoms with van der Waals surface area (Å²) in [5, 5.41) is 11.3. The van der Waals surface area contributed by atoms with Crippen LogP contribution in [0.25, 0.3) is 10.8 Å². The molecule has 9 heteroatoms. The Balaban J connectivity index is 1.60. The summed E-state index contributed by atoms with van der Waals surface area (Å²) in [6.07, 6.45) is 3.09. The van der Waals surface area contributed by atoms with Gasteiger partial charge in [0.2, 0.25) is 0 Å². The number of hydrogen-bond donors (Lipinski definition) is 2. The zero-order chi connectivity index (χ0) is 24.3. The van der Waals surface area contributed by atoms with Crippen LogP contribution >= 0.6 is 7.82 Å². The third-order valence-electron chi connectivity index (χ3n) is 4.99. The molecule has 2 atom stereocenters. The maximum Gasteiger partial charge on any atom is 0.472 e. The third-order valence-corrected chi connectivity index (χ3v) is 6.06. The number of quaternary nitrogens is 1. The summed E-state index contributed by atoms with van der Waals surface area (Å²) in [5.41, 5.74) is 0. The Bertz CT molecular complexity index is 923. The summed E-state index contributed by atoms with van der Waals surface area (Å²) in [6.45, 7) is 1.01. The number of phosphoric ester groups is 1. The third kappa shape index (κ3) is 11.1. The first-order valence-corrected chi connectivity index (χ1v) is 12.8. The molecule has 8 nitrogen and oxygen atoms in total. The number of benzene rings is 2. The predicted molar refractivity (Wildman–Crippen MR) is 128 cm³/mol. The van der Waals surface area contributed by atoms with Crippen molar-refractivity contribution in [2.24, 2.45) is 0 Å². The maximum absolute atomic E-state index is 12.2. The number of likely N-dealkylation sites (N-methyl/N-ethyl adjacent to an activating group) is 1. The van der Waals surface area contributed by atoms with Crippen LogP contribution in [0, 0.1) is 0 Å². The van der Waals surface area contributed by atoms with Crippen LogP contribution < -0.4 is 4.74 Å². The van der Waals surface area contributed by atoms with Gasteiger partial charge in [0.1, 0.15) is 18.4 Å². The minimum atomic E-state index is -4.30. The fraction of sp³-hybridized carbons (Fsp3) is 0.542. The van der Waals surface area contributed by atoms with E-state index < -0.39 is 19.9 Å². The quantitative estimate of drug-likeness (QED) is 0.200. The first kappa shape index (κ1) is 27.3. The average Bonchev–Trinajstić information content (AvgIpc) is 2.70. The van der Waals surface area contributed by atoms with Crippen molar-refractivity contribution in [3.05, 3.63) is 42.5 Å². The standard InChI is InChI=1S/C24H36NO7P/c1-25(2,3)19-21(18-24(26)27)32-33(28,29)31-17-10-6-4-5-9-16-30-23-15-11-13-20-12-7-8-14-22(20)23/h7-8,11-15,21H,4-6,9-10,16-19H2,1-3H3,(H-,26,27,28,29)/p+1/t21-/m1/s1. The van der Waals surface area contributed by atoms with E-state index in [0.717, 1.165) is 42.2 Å². The molecule has 2 aromatic rings. The van der Waals surface area contributed by atoms with E-state index in [0.29, 0.717) is 17.5 Å². The number of hydrogen-bond acceptors (Lipinski definition) is 5. The van der Waals surface area contributed by atoms with E-state index >= 15 is 0 Å². The Hall–Kier alpha value is -1.96. The van der Waals surface area contributed by atoms with Gasteiger partial charge in [-0.15, -0.1) is 0 Å². The van der Waals surface area contributed by atoms with Crippen molar-refractivity contribution in [2.75, 3.05) is 40.9 Å². The van der Waals surface area contributed by atoms with Crippen LogP contribution in [-0.4, -0.2) is 67.5 Å². The van der Waals surface area contributed by atoms with E-state index in [2.05, 4.69) is 18.2 Å². The van der Waals surface area contributed by atoms with Gasteiger partial charge in [0.15, 0.2) is 0 Å². The van der Waals surface area contributed by atoms with E-state index in [9.17, 15) is 14.3 Å². The van der Waals surface area contributed by atoms with E-state index in [1.54, 1.807) is 0 Å². The molecule has 184 valence electrons. The molecule has 33 heavy (non-hydrogen) atoms. The van der Waals surface area contributed by atoms with Crippen LogP contribution in [0.3, 0.4) is 0 Å². The van der Waals surface area contributed by atoms with Crippen LogP contribution in [0.2, 0.25) is 0 Å². The number of ether oxygens (including phenoxy) is 1. The largest absolute Gasteiger partial charge is 0.493 e. The molecular weight excluding hydrogens is 445 g/mol. The minimum absolute atomic E-state index is 0.0877. The summed E-state index contributed by atoms with van der Waals surface area (Å²) in [7, 11) is 1.26. The van der Waals surface area contributed by atoms with Crippen molar-refractivity contribution in [2.45, 2.75) is 44.6 Å². The number of carboxylic acid groups (broad SMARTS) is 1. The first-order valence-electron chi connectivity index (χ1n) is 11.3. The molecule has 2 N–H and O–H groups in total. The van der Waals surface area contributed by atoms with Crippen LogP contribution in [0.4, 0.5) is 0 Å². The number of fused-ring (bicyclic) bond motifs is 1. The van der Waals surface area contributed by atoms with Crippen LogP contribution in [0.1, 0.15) is 38.5 Å². The maximum atomic E-state index is 12.2. The molecule has 0 bridgehead atoms. The second kappa shape index (κ2) is 13.1. The molecule has 0 radical (unpaired) electrons. The van der Waals surface area contributed by atoms with Gasteiger partial charge in [-0.2, -0.15) is 0 Å². The smallest absolute Gasteiger partial charge is 0.472 e. The Morgan fingerprint density at radius 2 is 1.61 bits per heavy atom. The number of carbonyl (C=O) groups is 1. The molecule has 2 aromatic carbocycles. The van der Waals surface area contributed by atoms with E-state index in [1.807, 2.05) is 45.4 Å². The monoisotopic (exact) mass is 482 g/mol. The minimum Gasteiger partial charge on any atom is -0.493 e. The van der Waals surface area contributed by atoms with Crippen LogP contribution in [0.5, 0.6) is 5.75 Å². The number of carboxylic acids is 1. The summed E-state index contributed by atoms with van der Waals surface area (Å²) in [4.78, 5) is 21.0. The number of aliphatic carboxylic acids is 1. The second-order valence-corrected chi connectivity index (χ2v) is 10.6. The summed E-state index contributed by atoms with van der Waals surface area (Å²) < 4.78 is 28.7. The zero-order valence-corrected chi connectivity index (χ0v) is 20.7. The molecule has 0 aliphatic carbocycles. The fourth-order valence-electron chi connectivity index (χ4n) is 3.58. The molecule has 0 aliphatic heterocycles. The topological polar surface area (TPSA) is 102 Å². The molecule has 0 saturated heterocycles. The van der Waals surface area contributed by atoms with Gasteiger partial charge >= 0.3 is 13.8 Å². The number of rotatable bonds is 16. The molecular formula is C24H37NO7P+. The molecule has 1 unspecified atom stereocenters. The van der Waals surface area contributed by atoms with E-state index in [1.165, 1.54) is 0 Å².